The molecule has 2 aromatic carbocycles. The zero-order valence-electron chi connectivity index (χ0n) is 12.1. The van der Waals surface area contributed by atoms with Gasteiger partial charge in [0, 0.05) is 11.6 Å². The summed E-state index contributed by atoms with van der Waals surface area (Å²) in [5, 5.41) is 0. The van der Waals surface area contributed by atoms with Crippen LogP contribution < -0.4 is 4.74 Å². The van der Waals surface area contributed by atoms with Crippen LogP contribution in [0.2, 0.25) is 0 Å². The van der Waals surface area contributed by atoms with Gasteiger partial charge in [0.15, 0.2) is 5.78 Å². The first-order valence-electron chi connectivity index (χ1n) is 6.57. The van der Waals surface area contributed by atoms with E-state index >= 15 is 0 Å². The third kappa shape index (κ3) is 3.45. The summed E-state index contributed by atoms with van der Waals surface area (Å²) in [6.45, 7) is 7.18. The highest BCUT2D eigenvalue weighted by molar-refractivity contribution is 6.11. The summed E-state index contributed by atoms with van der Waals surface area (Å²) in [6.07, 6.45) is 1.07. The summed E-state index contributed by atoms with van der Waals surface area (Å²) in [6, 6.07) is 12.4. The van der Waals surface area contributed by atoms with Crippen molar-refractivity contribution in [1.29, 1.82) is 0 Å². The van der Waals surface area contributed by atoms with E-state index in [2.05, 4.69) is 6.58 Å². The fourth-order valence-corrected chi connectivity index (χ4v) is 1.91. The molecule has 0 aliphatic rings. The Morgan fingerprint density at radius 3 is 2.24 bits per heavy atom. The molecule has 21 heavy (non-hydrogen) atoms. The molecule has 3 nitrogen and oxygen atoms in total. The van der Waals surface area contributed by atoms with Crippen molar-refractivity contribution in [1.82, 2.24) is 0 Å². The number of ketones is 1. The lowest BCUT2D eigenvalue weighted by molar-refractivity contribution is -0.128. The number of esters is 1. The highest BCUT2D eigenvalue weighted by atomic mass is 16.5. The number of benzene rings is 2. The molecule has 0 aliphatic carbocycles. The predicted molar refractivity (Wildman–Crippen MR) is 81.6 cm³/mol. The fourth-order valence-electron chi connectivity index (χ4n) is 1.91. The summed E-state index contributed by atoms with van der Waals surface area (Å²) < 4.78 is 5.16. The molecule has 0 atom stereocenters. The molecule has 0 amide bonds. The minimum atomic E-state index is -0.585. The Hall–Kier alpha value is -2.68. The van der Waals surface area contributed by atoms with Crippen molar-refractivity contribution in [3.05, 3.63) is 77.4 Å². The first kappa shape index (κ1) is 14.7. The zero-order valence-corrected chi connectivity index (χ0v) is 12.1. The minimum Gasteiger partial charge on any atom is -0.423 e. The standard InChI is InChI=1S/C18H16O3/c1-4-17(19)21-16-11-13(3)7-10-15(16)18(20)14-8-5-12(2)6-9-14/h4-11H,1H2,2-3H3. The average molecular weight is 280 g/mol. The highest BCUT2D eigenvalue weighted by Gasteiger charge is 2.16. The van der Waals surface area contributed by atoms with E-state index in [0.717, 1.165) is 17.2 Å². The van der Waals surface area contributed by atoms with E-state index in [-0.39, 0.29) is 11.5 Å². The van der Waals surface area contributed by atoms with Crippen LogP contribution in [-0.2, 0) is 4.79 Å². The van der Waals surface area contributed by atoms with Gasteiger partial charge in [0.05, 0.1) is 5.56 Å². The van der Waals surface area contributed by atoms with Crippen molar-refractivity contribution in [2.45, 2.75) is 13.8 Å². The predicted octanol–water partition coefficient (Wildman–Crippen LogP) is 3.63. The lowest BCUT2D eigenvalue weighted by atomic mass is 10.0. The van der Waals surface area contributed by atoms with Gasteiger partial charge in [-0.25, -0.2) is 4.79 Å². The quantitative estimate of drug-likeness (QED) is 0.372. The van der Waals surface area contributed by atoms with E-state index in [4.69, 9.17) is 4.74 Å². The maximum absolute atomic E-state index is 12.5. The second-order valence-electron chi connectivity index (χ2n) is 4.82. The number of carbonyl (C=O) groups is 2. The number of aryl methyl sites for hydroxylation is 2. The van der Waals surface area contributed by atoms with Crippen LogP contribution in [0.1, 0.15) is 27.0 Å². The number of ether oxygens (including phenoxy) is 1. The van der Waals surface area contributed by atoms with Crippen molar-refractivity contribution in [3.63, 3.8) is 0 Å². The van der Waals surface area contributed by atoms with Crippen molar-refractivity contribution in [2.75, 3.05) is 0 Å². The van der Waals surface area contributed by atoms with Crippen molar-refractivity contribution in [3.8, 4) is 5.75 Å². The number of carbonyl (C=O) groups excluding carboxylic acids is 2. The second-order valence-corrected chi connectivity index (χ2v) is 4.82. The molecule has 0 radical (unpaired) electrons. The second kappa shape index (κ2) is 6.18. The molecule has 0 heterocycles. The monoisotopic (exact) mass is 280 g/mol. The third-order valence-corrected chi connectivity index (χ3v) is 3.07. The van der Waals surface area contributed by atoms with Crippen LogP contribution in [0.25, 0.3) is 0 Å². The topological polar surface area (TPSA) is 43.4 Å². The van der Waals surface area contributed by atoms with Gasteiger partial charge in [0.1, 0.15) is 5.75 Å². The number of hydrogen-bond acceptors (Lipinski definition) is 3. The van der Waals surface area contributed by atoms with Crippen LogP contribution in [-0.4, -0.2) is 11.8 Å². The van der Waals surface area contributed by atoms with Gasteiger partial charge in [-0.1, -0.05) is 42.5 Å². The Bertz CT molecular complexity index is 697. The summed E-state index contributed by atoms with van der Waals surface area (Å²) in [5.74, 6) is -0.508. The molecule has 0 fully saturated rings. The van der Waals surface area contributed by atoms with E-state index in [1.807, 2.05) is 32.0 Å². The molecular formula is C18H16O3. The van der Waals surface area contributed by atoms with Gasteiger partial charge in [0.25, 0.3) is 0 Å². The van der Waals surface area contributed by atoms with E-state index < -0.39 is 5.97 Å². The van der Waals surface area contributed by atoms with Gasteiger partial charge >= 0.3 is 5.97 Å². The molecule has 0 N–H and O–H groups in total. The van der Waals surface area contributed by atoms with Crippen molar-refractivity contribution < 1.29 is 14.3 Å². The fraction of sp³-hybridized carbons (Fsp3) is 0.111. The normalized spacial score (nSPS) is 10.0. The molecule has 2 rings (SSSR count). The Labute approximate surface area is 123 Å². The Balaban J connectivity index is 2.42. The van der Waals surface area contributed by atoms with Gasteiger partial charge in [-0.2, -0.15) is 0 Å². The first-order valence-corrected chi connectivity index (χ1v) is 6.57. The van der Waals surface area contributed by atoms with Crippen LogP contribution in [0.3, 0.4) is 0 Å². The maximum atomic E-state index is 12.5. The molecule has 0 spiro atoms. The van der Waals surface area contributed by atoms with Crippen LogP contribution in [0.5, 0.6) is 5.75 Å². The smallest absolute Gasteiger partial charge is 0.335 e. The molecule has 0 unspecified atom stereocenters. The van der Waals surface area contributed by atoms with Gasteiger partial charge in [-0.3, -0.25) is 4.79 Å². The maximum Gasteiger partial charge on any atom is 0.335 e. The van der Waals surface area contributed by atoms with E-state index in [1.54, 1.807) is 24.3 Å². The van der Waals surface area contributed by atoms with Crippen LogP contribution in [0, 0.1) is 13.8 Å². The summed E-state index contributed by atoms with van der Waals surface area (Å²) in [7, 11) is 0. The lowest BCUT2D eigenvalue weighted by Crippen LogP contribution is -2.09. The van der Waals surface area contributed by atoms with Crippen LogP contribution in [0.4, 0.5) is 0 Å². The number of rotatable bonds is 4. The van der Waals surface area contributed by atoms with E-state index in [1.165, 1.54) is 0 Å². The molecule has 2 aromatic rings. The third-order valence-electron chi connectivity index (χ3n) is 3.07. The van der Waals surface area contributed by atoms with Crippen molar-refractivity contribution in [2.24, 2.45) is 0 Å². The molecule has 0 bridgehead atoms. The molecule has 0 aliphatic heterocycles. The molecular weight excluding hydrogens is 264 g/mol. The number of hydrogen-bond donors (Lipinski definition) is 0. The average Bonchev–Trinajstić information content (AvgIpc) is 2.47. The van der Waals surface area contributed by atoms with Crippen LogP contribution in [0.15, 0.2) is 55.1 Å². The van der Waals surface area contributed by atoms with Gasteiger partial charge in [-0.15, -0.1) is 0 Å². The summed E-state index contributed by atoms with van der Waals surface area (Å²) in [5.41, 5.74) is 2.90. The molecule has 0 saturated carbocycles. The van der Waals surface area contributed by atoms with Gasteiger partial charge < -0.3 is 4.74 Å². The molecule has 0 aromatic heterocycles. The van der Waals surface area contributed by atoms with Gasteiger partial charge in [-0.05, 0) is 31.5 Å². The largest absolute Gasteiger partial charge is 0.423 e. The molecule has 3 heteroatoms. The first-order chi connectivity index (χ1) is 10.0. The summed E-state index contributed by atoms with van der Waals surface area (Å²) in [4.78, 5) is 23.9. The lowest BCUT2D eigenvalue weighted by Gasteiger charge is -2.09. The molecule has 106 valence electrons. The van der Waals surface area contributed by atoms with Crippen LogP contribution >= 0.6 is 0 Å². The van der Waals surface area contributed by atoms with E-state index in [0.29, 0.717) is 11.1 Å². The zero-order chi connectivity index (χ0) is 15.4. The molecule has 0 saturated heterocycles. The summed E-state index contributed by atoms with van der Waals surface area (Å²) >= 11 is 0. The Morgan fingerprint density at radius 2 is 1.62 bits per heavy atom. The minimum absolute atomic E-state index is 0.179. The highest BCUT2D eigenvalue weighted by Crippen LogP contribution is 2.24. The van der Waals surface area contributed by atoms with Crippen molar-refractivity contribution >= 4 is 11.8 Å². The Morgan fingerprint density at radius 1 is 1.00 bits per heavy atom. The van der Waals surface area contributed by atoms with Gasteiger partial charge in [0.2, 0.25) is 0 Å². The Kier molecular flexibility index (Phi) is 4.33. The van der Waals surface area contributed by atoms with E-state index in [9.17, 15) is 9.59 Å². The SMILES string of the molecule is C=CC(=O)Oc1cc(C)ccc1C(=O)c1ccc(C)cc1.